The Morgan fingerprint density at radius 1 is 1.21 bits per heavy atom. The molecule has 9 heteroatoms. The zero-order chi connectivity index (χ0) is 24.1. The Hall–Kier alpha value is -3.00. The van der Waals surface area contributed by atoms with Crippen LogP contribution in [0.15, 0.2) is 48.5 Å². The number of ether oxygens (including phenoxy) is 1. The number of hydrogen-bond acceptors (Lipinski definition) is 4. The first-order chi connectivity index (χ1) is 16.2. The number of hydrogen-bond donors (Lipinski definition) is 1. The maximum atomic E-state index is 13.5. The quantitative estimate of drug-likeness (QED) is 0.467. The van der Waals surface area contributed by atoms with Crippen molar-refractivity contribution in [1.82, 2.24) is 10.3 Å². The van der Waals surface area contributed by atoms with Crippen molar-refractivity contribution < 1.29 is 22.7 Å². The van der Waals surface area contributed by atoms with Crippen LogP contribution in [0, 0.1) is 0 Å². The van der Waals surface area contributed by atoms with E-state index in [-0.39, 0.29) is 23.0 Å². The summed E-state index contributed by atoms with van der Waals surface area (Å²) in [7, 11) is 1.57. The molecule has 1 spiro atoms. The predicted molar refractivity (Wildman–Crippen MR) is 125 cm³/mol. The van der Waals surface area contributed by atoms with Crippen LogP contribution in [0.1, 0.15) is 41.7 Å². The Morgan fingerprint density at radius 2 is 1.97 bits per heavy atom. The minimum Gasteiger partial charge on any atom is -0.497 e. The van der Waals surface area contributed by atoms with Gasteiger partial charge in [0.05, 0.1) is 18.2 Å². The fourth-order valence-corrected chi connectivity index (χ4v) is 5.18. The smallest absolute Gasteiger partial charge is 0.433 e. The molecule has 1 aliphatic carbocycles. The molecule has 2 atom stereocenters. The second kappa shape index (κ2) is 8.34. The molecule has 34 heavy (non-hydrogen) atoms. The Bertz CT molecular complexity index is 1250. The lowest BCUT2D eigenvalue weighted by atomic mass is 9.85. The lowest BCUT2D eigenvalue weighted by Crippen LogP contribution is -2.42. The van der Waals surface area contributed by atoms with Crippen LogP contribution >= 0.6 is 11.6 Å². The molecule has 2 fully saturated rings. The molecular formula is C25H23ClF3N3O2. The number of fused-ring (bicyclic) bond motifs is 1. The lowest BCUT2D eigenvalue weighted by Gasteiger charge is -2.31. The number of nitrogens with one attached hydrogen (secondary N) is 1. The molecule has 0 bridgehead atoms. The van der Waals surface area contributed by atoms with E-state index in [0.717, 1.165) is 25.3 Å². The number of alkyl halides is 3. The van der Waals surface area contributed by atoms with Crippen LogP contribution in [-0.4, -0.2) is 36.1 Å². The summed E-state index contributed by atoms with van der Waals surface area (Å²) < 4.78 is 45.8. The van der Waals surface area contributed by atoms with Gasteiger partial charge in [-0.25, -0.2) is 4.98 Å². The van der Waals surface area contributed by atoms with Gasteiger partial charge in [-0.2, -0.15) is 13.2 Å². The summed E-state index contributed by atoms with van der Waals surface area (Å²) in [4.78, 5) is 18.6. The number of anilines is 1. The van der Waals surface area contributed by atoms with Crippen molar-refractivity contribution >= 4 is 34.1 Å². The third-order valence-electron chi connectivity index (χ3n) is 6.76. The molecule has 1 N–H and O–H groups in total. The number of nitrogens with zero attached hydrogens (tertiary/aromatic N) is 2. The highest BCUT2D eigenvalue weighted by Crippen LogP contribution is 2.50. The van der Waals surface area contributed by atoms with E-state index in [1.165, 1.54) is 6.07 Å². The summed E-state index contributed by atoms with van der Waals surface area (Å²) in [6.45, 7) is 0.630. The molecule has 3 aromatic rings. The molecule has 2 aromatic carbocycles. The van der Waals surface area contributed by atoms with Crippen molar-refractivity contribution in [2.75, 3.05) is 18.6 Å². The molecule has 0 radical (unpaired) electrons. The van der Waals surface area contributed by atoms with Gasteiger partial charge in [0.15, 0.2) is 0 Å². The number of aromatic nitrogens is 1. The Morgan fingerprint density at radius 3 is 2.68 bits per heavy atom. The van der Waals surface area contributed by atoms with E-state index >= 15 is 0 Å². The third-order valence-corrected chi connectivity index (χ3v) is 7.00. The van der Waals surface area contributed by atoms with E-state index in [9.17, 15) is 18.0 Å². The van der Waals surface area contributed by atoms with Gasteiger partial charge in [0.1, 0.15) is 11.4 Å². The molecule has 1 aliphatic heterocycles. The van der Waals surface area contributed by atoms with Crippen molar-refractivity contribution in [3.05, 3.63) is 64.8 Å². The second-order valence-corrected chi connectivity index (χ2v) is 9.43. The number of rotatable bonds is 4. The van der Waals surface area contributed by atoms with E-state index in [0.29, 0.717) is 40.4 Å². The minimum absolute atomic E-state index is 0.0628. The van der Waals surface area contributed by atoms with E-state index in [2.05, 4.69) is 10.3 Å². The highest BCUT2D eigenvalue weighted by atomic mass is 35.5. The highest BCUT2D eigenvalue weighted by molar-refractivity contribution is 6.31. The second-order valence-electron chi connectivity index (χ2n) is 8.99. The first kappa shape index (κ1) is 22.8. The molecule has 2 heterocycles. The third kappa shape index (κ3) is 4.27. The van der Waals surface area contributed by atoms with Crippen molar-refractivity contribution in [3.63, 3.8) is 0 Å². The van der Waals surface area contributed by atoms with Gasteiger partial charge in [-0.05, 0) is 74.2 Å². The maximum Gasteiger partial charge on any atom is 0.433 e. The fourth-order valence-electron chi connectivity index (χ4n) is 5.01. The Kier molecular flexibility index (Phi) is 5.59. The van der Waals surface area contributed by atoms with Crippen LogP contribution in [0.5, 0.6) is 5.75 Å². The first-order valence-corrected chi connectivity index (χ1v) is 11.5. The topological polar surface area (TPSA) is 54.2 Å². The molecule has 5 rings (SSSR count). The van der Waals surface area contributed by atoms with E-state index in [4.69, 9.17) is 16.3 Å². The monoisotopic (exact) mass is 489 g/mol. The molecule has 1 amide bonds. The number of carbonyl (C=O) groups excluding carboxylic acids is 1. The van der Waals surface area contributed by atoms with E-state index < -0.39 is 11.9 Å². The molecule has 1 saturated carbocycles. The largest absolute Gasteiger partial charge is 0.497 e. The van der Waals surface area contributed by atoms with Gasteiger partial charge in [0.25, 0.3) is 5.91 Å². The first-order valence-electron chi connectivity index (χ1n) is 11.1. The summed E-state index contributed by atoms with van der Waals surface area (Å²) in [5, 5.41) is 4.15. The van der Waals surface area contributed by atoms with Crippen LogP contribution in [0.2, 0.25) is 5.02 Å². The predicted octanol–water partition coefficient (Wildman–Crippen LogP) is 5.85. The standard InChI is InChI=1S/C25H23ClF3N3O2/c1-34-18-7-4-15(5-8-18)23(33)30-17-3-2-10-24(13-17)14-32(24)21-12-22(25(27,28)29)31-20-9-6-16(26)11-19(20)21/h4-9,11-12,17H,2-3,10,13-14H2,1H3,(H,30,33)/t17?,24-,32?/m1/s1. The number of carbonyl (C=O) groups is 1. The van der Waals surface area contributed by atoms with Gasteiger partial charge in [-0.1, -0.05) is 11.6 Å². The van der Waals surface area contributed by atoms with Gasteiger partial charge < -0.3 is 15.0 Å². The minimum atomic E-state index is -4.55. The van der Waals surface area contributed by atoms with Crippen molar-refractivity contribution in [3.8, 4) is 5.75 Å². The van der Waals surface area contributed by atoms with Crippen LogP contribution in [0.3, 0.4) is 0 Å². The van der Waals surface area contributed by atoms with Crippen LogP contribution in [0.4, 0.5) is 18.9 Å². The summed E-state index contributed by atoms with van der Waals surface area (Å²) in [5.74, 6) is 0.502. The zero-order valence-corrected chi connectivity index (χ0v) is 19.2. The number of halogens is 4. The van der Waals surface area contributed by atoms with Gasteiger partial charge in [0.2, 0.25) is 0 Å². The molecular weight excluding hydrogens is 467 g/mol. The average molecular weight is 490 g/mol. The van der Waals surface area contributed by atoms with Crippen molar-refractivity contribution in [2.24, 2.45) is 0 Å². The number of methoxy groups -OCH3 is 1. The molecule has 1 aromatic heterocycles. The summed E-state index contributed by atoms with van der Waals surface area (Å²) >= 11 is 6.16. The van der Waals surface area contributed by atoms with E-state index in [1.807, 2.05) is 4.90 Å². The number of pyridine rings is 1. The van der Waals surface area contributed by atoms with E-state index in [1.54, 1.807) is 43.5 Å². The van der Waals surface area contributed by atoms with Crippen molar-refractivity contribution in [2.45, 2.75) is 43.4 Å². The van der Waals surface area contributed by atoms with Crippen LogP contribution in [0.25, 0.3) is 10.9 Å². The van der Waals surface area contributed by atoms with Gasteiger partial charge in [-0.3, -0.25) is 4.79 Å². The summed E-state index contributed by atoms with van der Waals surface area (Å²) in [6.07, 6.45) is -1.32. The Balaban J connectivity index is 1.38. The normalized spacial score (nSPS) is 22.1. The number of benzene rings is 2. The maximum absolute atomic E-state index is 13.5. The summed E-state index contributed by atoms with van der Waals surface area (Å²) in [5.41, 5.74) is 0.0888. The van der Waals surface area contributed by atoms with Crippen LogP contribution in [-0.2, 0) is 6.18 Å². The molecule has 1 saturated heterocycles. The Labute approximate surface area is 199 Å². The molecule has 5 nitrogen and oxygen atoms in total. The van der Waals surface area contributed by atoms with Crippen molar-refractivity contribution in [1.29, 1.82) is 0 Å². The van der Waals surface area contributed by atoms with Gasteiger partial charge in [0, 0.05) is 34.2 Å². The molecule has 1 unspecified atom stereocenters. The van der Waals surface area contributed by atoms with Gasteiger partial charge in [-0.15, -0.1) is 0 Å². The molecule has 2 aliphatic rings. The lowest BCUT2D eigenvalue weighted by molar-refractivity contribution is -0.140. The highest BCUT2D eigenvalue weighted by Gasteiger charge is 2.55. The average Bonchev–Trinajstić information content (AvgIpc) is 3.49. The SMILES string of the molecule is COc1ccc(C(=O)NC2CCC[C@@]3(C2)CN3c2cc(C(F)(F)F)nc3ccc(Cl)cc23)cc1. The number of amides is 1. The molecule has 178 valence electrons. The van der Waals surface area contributed by atoms with Crippen LogP contribution < -0.4 is 15.0 Å². The summed E-state index contributed by atoms with van der Waals surface area (Å²) in [6, 6.07) is 12.7. The van der Waals surface area contributed by atoms with Gasteiger partial charge >= 0.3 is 6.18 Å². The fraction of sp³-hybridized carbons (Fsp3) is 0.360. The zero-order valence-electron chi connectivity index (χ0n) is 18.5.